The van der Waals surface area contributed by atoms with E-state index in [-0.39, 0.29) is 22.9 Å². The average Bonchev–Trinajstić information content (AvgIpc) is 2.69. The number of hydrogen-bond acceptors (Lipinski definition) is 4. The minimum absolute atomic E-state index is 0.0228. The van der Waals surface area contributed by atoms with Gasteiger partial charge in [0.05, 0.1) is 16.6 Å². The topological polar surface area (TPSA) is 79.4 Å². The van der Waals surface area contributed by atoms with Crippen LogP contribution in [0, 0.1) is 0 Å². The molecule has 6 nitrogen and oxygen atoms in total. The van der Waals surface area contributed by atoms with Gasteiger partial charge >= 0.3 is 0 Å². The van der Waals surface area contributed by atoms with Gasteiger partial charge < -0.3 is 5.32 Å². The molecule has 2 heterocycles. The number of nitrogens with zero attached hydrogens (tertiary/aromatic N) is 2. The monoisotopic (exact) mass is 387 g/mol. The number of nitrogens with one attached hydrogen (secondary N) is 1. The Morgan fingerprint density at radius 3 is 2.74 bits per heavy atom. The summed E-state index contributed by atoms with van der Waals surface area (Å²) in [4.78, 5) is 17.0. The van der Waals surface area contributed by atoms with Crippen LogP contribution in [-0.2, 0) is 10.0 Å². The summed E-state index contributed by atoms with van der Waals surface area (Å²) in [7, 11) is -3.61. The lowest BCUT2D eigenvalue weighted by atomic mass is 10.1. The average molecular weight is 388 g/mol. The van der Waals surface area contributed by atoms with Gasteiger partial charge in [-0.15, -0.1) is 0 Å². The third kappa shape index (κ3) is 4.36. The Hall–Kier alpha value is -2.25. The normalized spacial score (nSPS) is 19.4. The van der Waals surface area contributed by atoms with Gasteiger partial charge in [0, 0.05) is 24.3 Å². The third-order valence-corrected chi connectivity index (χ3v) is 6.93. The van der Waals surface area contributed by atoms with Gasteiger partial charge in [0.15, 0.2) is 0 Å². The molecule has 0 aliphatic carbocycles. The molecule has 2 unspecified atom stereocenters. The van der Waals surface area contributed by atoms with E-state index in [0.717, 1.165) is 25.0 Å². The zero-order chi connectivity index (χ0) is 19.4. The van der Waals surface area contributed by atoms with E-state index in [2.05, 4.69) is 10.3 Å². The Morgan fingerprint density at radius 2 is 2.04 bits per heavy atom. The van der Waals surface area contributed by atoms with Crippen molar-refractivity contribution in [2.75, 3.05) is 6.54 Å². The highest BCUT2D eigenvalue weighted by Crippen LogP contribution is 2.25. The quantitative estimate of drug-likeness (QED) is 0.855. The van der Waals surface area contributed by atoms with E-state index >= 15 is 0 Å². The van der Waals surface area contributed by atoms with Gasteiger partial charge in [-0.25, -0.2) is 8.42 Å². The second kappa shape index (κ2) is 8.19. The molecule has 1 aromatic heterocycles. The number of carbonyl (C=O) groups excluding carboxylic acids is 1. The number of pyridine rings is 1. The molecule has 2 aromatic rings. The number of benzene rings is 1. The Kier molecular flexibility index (Phi) is 5.92. The van der Waals surface area contributed by atoms with Gasteiger partial charge in [-0.3, -0.25) is 9.78 Å². The molecule has 1 amide bonds. The van der Waals surface area contributed by atoms with E-state index in [1.54, 1.807) is 28.7 Å². The van der Waals surface area contributed by atoms with E-state index in [1.165, 1.54) is 6.07 Å². The molecule has 144 valence electrons. The molecule has 27 heavy (non-hydrogen) atoms. The Morgan fingerprint density at radius 1 is 1.22 bits per heavy atom. The first-order chi connectivity index (χ1) is 12.9. The van der Waals surface area contributed by atoms with Crippen molar-refractivity contribution in [1.29, 1.82) is 0 Å². The molecule has 7 heteroatoms. The van der Waals surface area contributed by atoms with Crippen LogP contribution >= 0.6 is 0 Å². The maximum atomic E-state index is 13.0. The van der Waals surface area contributed by atoms with Gasteiger partial charge in [0.25, 0.3) is 5.91 Å². The number of amides is 1. The molecule has 1 aromatic carbocycles. The largest absolute Gasteiger partial charge is 0.344 e. The van der Waals surface area contributed by atoms with Crippen molar-refractivity contribution in [3.05, 3.63) is 59.9 Å². The molecule has 0 saturated carbocycles. The predicted molar refractivity (Wildman–Crippen MR) is 104 cm³/mol. The van der Waals surface area contributed by atoms with Crippen molar-refractivity contribution < 1.29 is 13.2 Å². The highest BCUT2D eigenvalue weighted by Gasteiger charge is 2.31. The Labute approximate surface area is 160 Å². The van der Waals surface area contributed by atoms with Crippen LogP contribution in [0.2, 0.25) is 0 Å². The number of carbonyl (C=O) groups is 1. The lowest BCUT2D eigenvalue weighted by Gasteiger charge is -2.32. The Balaban J connectivity index is 1.79. The molecule has 0 radical (unpaired) electrons. The molecule has 0 spiro atoms. The summed E-state index contributed by atoms with van der Waals surface area (Å²) in [5, 5.41) is 2.87. The molecule has 0 bridgehead atoms. The fraction of sp³-hybridized carbons (Fsp3) is 0.400. The first kappa shape index (κ1) is 19.5. The summed E-state index contributed by atoms with van der Waals surface area (Å²) in [6, 6.07) is 11.5. The summed E-state index contributed by atoms with van der Waals surface area (Å²) >= 11 is 0. The van der Waals surface area contributed by atoms with Crippen molar-refractivity contribution in [2.24, 2.45) is 0 Å². The van der Waals surface area contributed by atoms with Crippen LogP contribution in [-0.4, -0.2) is 36.2 Å². The number of hydrogen-bond donors (Lipinski definition) is 1. The maximum absolute atomic E-state index is 13.0. The second-order valence-corrected chi connectivity index (χ2v) is 8.83. The summed E-state index contributed by atoms with van der Waals surface area (Å²) in [5.41, 5.74) is 1.07. The number of piperidine rings is 1. The van der Waals surface area contributed by atoms with E-state index < -0.39 is 10.0 Å². The van der Waals surface area contributed by atoms with Crippen molar-refractivity contribution in [1.82, 2.24) is 14.6 Å². The SMILES string of the molecule is CC(NC(=O)c1cccc(S(=O)(=O)N2CCCCC2C)c1)c1ccccn1. The van der Waals surface area contributed by atoms with Crippen molar-refractivity contribution in [3.63, 3.8) is 0 Å². The Bertz CT molecular complexity index is 900. The molecule has 1 fully saturated rings. The standard InChI is InChI=1S/C20H25N3O3S/c1-15-8-4-6-13-23(15)27(25,26)18-10-7-9-17(14-18)20(24)22-16(2)19-11-3-5-12-21-19/h3,5,7,9-12,14-16H,4,6,8,13H2,1-2H3,(H,22,24). The minimum atomic E-state index is -3.61. The second-order valence-electron chi connectivity index (χ2n) is 6.94. The summed E-state index contributed by atoms with van der Waals surface area (Å²) < 4.78 is 27.5. The first-order valence-corrected chi connectivity index (χ1v) is 10.7. The molecule has 1 N–H and O–H groups in total. The number of sulfonamides is 1. The van der Waals surface area contributed by atoms with Crippen LogP contribution in [0.5, 0.6) is 0 Å². The van der Waals surface area contributed by atoms with Gasteiger partial charge in [-0.2, -0.15) is 4.31 Å². The van der Waals surface area contributed by atoms with Crippen molar-refractivity contribution in [2.45, 2.75) is 50.1 Å². The van der Waals surface area contributed by atoms with Crippen molar-refractivity contribution in [3.8, 4) is 0 Å². The molecular formula is C20H25N3O3S. The summed E-state index contributed by atoms with van der Waals surface area (Å²) in [6.45, 7) is 4.30. The predicted octanol–water partition coefficient (Wildman–Crippen LogP) is 3.14. The van der Waals surface area contributed by atoms with E-state index in [1.807, 2.05) is 32.0 Å². The number of rotatable bonds is 5. The van der Waals surface area contributed by atoms with E-state index in [0.29, 0.717) is 12.1 Å². The van der Waals surface area contributed by atoms with Gasteiger partial charge in [-0.05, 0) is 57.0 Å². The maximum Gasteiger partial charge on any atom is 0.251 e. The van der Waals surface area contributed by atoms with Crippen LogP contribution in [0.1, 0.15) is 55.2 Å². The fourth-order valence-corrected chi connectivity index (χ4v) is 5.09. The van der Waals surface area contributed by atoms with Crippen LogP contribution in [0.3, 0.4) is 0 Å². The van der Waals surface area contributed by atoms with Gasteiger partial charge in [0.2, 0.25) is 10.0 Å². The lowest BCUT2D eigenvalue weighted by Crippen LogP contribution is -2.42. The molecule has 1 aliphatic heterocycles. The van der Waals surface area contributed by atoms with Gasteiger partial charge in [-0.1, -0.05) is 18.6 Å². The highest BCUT2D eigenvalue weighted by molar-refractivity contribution is 7.89. The first-order valence-electron chi connectivity index (χ1n) is 9.23. The minimum Gasteiger partial charge on any atom is -0.344 e. The lowest BCUT2D eigenvalue weighted by molar-refractivity contribution is 0.0939. The van der Waals surface area contributed by atoms with E-state index in [9.17, 15) is 13.2 Å². The zero-order valence-corrected chi connectivity index (χ0v) is 16.4. The molecule has 3 rings (SSSR count). The van der Waals surface area contributed by atoms with Crippen molar-refractivity contribution >= 4 is 15.9 Å². The smallest absolute Gasteiger partial charge is 0.251 e. The number of aromatic nitrogens is 1. The third-order valence-electron chi connectivity index (χ3n) is 4.92. The molecule has 1 saturated heterocycles. The summed E-state index contributed by atoms with van der Waals surface area (Å²) in [5.74, 6) is -0.322. The van der Waals surface area contributed by atoms with Crippen LogP contribution in [0.25, 0.3) is 0 Å². The van der Waals surface area contributed by atoms with Crippen LogP contribution in [0.15, 0.2) is 53.6 Å². The van der Waals surface area contributed by atoms with Crippen LogP contribution < -0.4 is 5.32 Å². The zero-order valence-electron chi connectivity index (χ0n) is 15.6. The van der Waals surface area contributed by atoms with Crippen LogP contribution in [0.4, 0.5) is 0 Å². The van der Waals surface area contributed by atoms with Gasteiger partial charge in [0.1, 0.15) is 0 Å². The molecular weight excluding hydrogens is 362 g/mol. The van der Waals surface area contributed by atoms with E-state index in [4.69, 9.17) is 0 Å². The highest BCUT2D eigenvalue weighted by atomic mass is 32.2. The molecule has 1 aliphatic rings. The summed E-state index contributed by atoms with van der Waals surface area (Å²) in [6.07, 6.45) is 4.44. The molecule has 2 atom stereocenters. The fourth-order valence-electron chi connectivity index (χ4n) is 3.35.